The van der Waals surface area contributed by atoms with Gasteiger partial charge in [0.2, 0.25) is 0 Å². The van der Waals surface area contributed by atoms with Crippen molar-refractivity contribution in [3.63, 3.8) is 0 Å². The van der Waals surface area contributed by atoms with Crippen LogP contribution in [-0.2, 0) is 4.74 Å². The van der Waals surface area contributed by atoms with E-state index in [0.29, 0.717) is 23.1 Å². The second kappa shape index (κ2) is 3.91. The van der Waals surface area contributed by atoms with Gasteiger partial charge in [0.15, 0.2) is 5.69 Å². The first-order chi connectivity index (χ1) is 9.32. The molecule has 5 heteroatoms. The third-order valence-corrected chi connectivity index (χ3v) is 5.10. The molecular formula is C14H16N4O. The normalized spacial score (nSPS) is 31.0. The van der Waals surface area contributed by atoms with Crippen LogP contribution in [0.2, 0.25) is 0 Å². The van der Waals surface area contributed by atoms with Gasteiger partial charge in [0, 0.05) is 12.5 Å². The van der Waals surface area contributed by atoms with Crippen molar-refractivity contribution in [2.45, 2.75) is 25.3 Å². The summed E-state index contributed by atoms with van der Waals surface area (Å²) >= 11 is 0. The summed E-state index contributed by atoms with van der Waals surface area (Å²) in [5.74, 6) is 1.47. The van der Waals surface area contributed by atoms with Crippen molar-refractivity contribution in [1.82, 2.24) is 9.97 Å². The lowest BCUT2D eigenvalue weighted by molar-refractivity contribution is 0.0672. The highest BCUT2D eigenvalue weighted by Crippen LogP contribution is 2.56. The van der Waals surface area contributed by atoms with E-state index in [1.165, 1.54) is 25.5 Å². The second-order valence-electron chi connectivity index (χ2n) is 5.93. The van der Waals surface area contributed by atoms with E-state index in [4.69, 9.17) is 10.00 Å². The Hall–Kier alpha value is -1.67. The molecule has 1 aromatic rings. The SMILES string of the molecule is N#Cc1cncc(N2CC3(CCC3)[C@@H]3COC[C@H]32)n1. The van der Waals surface area contributed by atoms with Crippen molar-refractivity contribution < 1.29 is 4.74 Å². The van der Waals surface area contributed by atoms with Gasteiger partial charge < -0.3 is 9.64 Å². The number of anilines is 1. The number of hydrogen-bond acceptors (Lipinski definition) is 5. The summed E-state index contributed by atoms with van der Waals surface area (Å²) in [4.78, 5) is 10.9. The summed E-state index contributed by atoms with van der Waals surface area (Å²) in [6.45, 7) is 2.71. The number of ether oxygens (including phenoxy) is 1. The van der Waals surface area contributed by atoms with Gasteiger partial charge in [-0.2, -0.15) is 5.26 Å². The van der Waals surface area contributed by atoms with Gasteiger partial charge in [-0.05, 0) is 18.3 Å². The van der Waals surface area contributed by atoms with Crippen LogP contribution in [0.15, 0.2) is 12.4 Å². The van der Waals surface area contributed by atoms with Gasteiger partial charge in [0.05, 0.1) is 31.6 Å². The van der Waals surface area contributed by atoms with Crippen molar-refractivity contribution in [3.05, 3.63) is 18.1 Å². The lowest BCUT2D eigenvalue weighted by Crippen LogP contribution is -2.38. The molecule has 2 atom stereocenters. The van der Waals surface area contributed by atoms with Gasteiger partial charge >= 0.3 is 0 Å². The van der Waals surface area contributed by atoms with Crippen LogP contribution in [0, 0.1) is 22.7 Å². The highest BCUT2D eigenvalue weighted by Gasteiger charge is 2.57. The molecule has 19 heavy (non-hydrogen) atoms. The van der Waals surface area contributed by atoms with Gasteiger partial charge in [-0.25, -0.2) is 4.98 Å². The molecule has 0 bridgehead atoms. The fraction of sp³-hybridized carbons (Fsp3) is 0.643. The number of hydrogen-bond donors (Lipinski definition) is 0. The van der Waals surface area contributed by atoms with Crippen LogP contribution in [0.5, 0.6) is 0 Å². The highest BCUT2D eigenvalue weighted by molar-refractivity contribution is 5.44. The molecule has 1 spiro atoms. The fourth-order valence-corrected chi connectivity index (χ4v) is 3.97. The molecule has 1 aliphatic carbocycles. The Morgan fingerprint density at radius 3 is 3.00 bits per heavy atom. The third-order valence-electron chi connectivity index (χ3n) is 5.10. The van der Waals surface area contributed by atoms with Crippen molar-refractivity contribution in [3.8, 4) is 6.07 Å². The first-order valence-electron chi connectivity index (χ1n) is 6.89. The molecule has 0 radical (unpaired) electrons. The average Bonchev–Trinajstić information content (AvgIpc) is 2.97. The first kappa shape index (κ1) is 11.2. The molecular weight excluding hydrogens is 240 g/mol. The predicted octanol–water partition coefficient (Wildman–Crippen LogP) is 1.35. The van der Waals surface area contributed by atoms with Crippen molar-refractivity contribution in [1.29, 1.82) is 5.26 Å². The van der Waals surface area contributed by atoms with E-state index in [-0.39, 0.29) is 0 Å². The van der Waals surface area contributed by atoms with Gasteiger partial charge in [-0.3, -0.25) is 4.98 Å². The number of nitriles is 1. The molecule has 0 N–H and O–H groups in total. The van der Waals surface area contributed by atoms with Crippen molar-refractivity contribution >= 4 is 5.82 Å². The zero-order valence-electron chi connectivity index (χ0n) is 10.7. The summed E-state index contributed by atoms with van der Waals surface area (Å²) in [7, 11) is 0. The molecule has 5 nitrogen and oxygen atoms in total. The molecule has 0 unspecified atom stereocenters. The van der Waals surface area contributed by atoms with Crippen LogP contribution in [0.4, 0.5) is 5.82 Å². The molecule has 1 saturated carbocycles. The van der Waals surface area contributed by atoms with Crippen LogP contribution in [0.1, 0.15) is 25.0 Å². The van der Waals surface area contributed by atoms with Crippen molar-refractivity contribution in [2.75, 3.05) is 24.7 Å². The molecule has 3 fully saturated rings. The molecule has 98 valence electrons. The van der Waals surface area contributed by atoms with E-state index in [9.17, 15) is 0 Å². The van der Waals surface area contributed by atoms with Gasteiger partial charge in [-0.15, -0.1) is 0 Å². The van der Waals surface area contributed by atoms with Gasteiger partial charge in [0.25, 0.3) is 0 Å². The molecule has 1 aromatic heterocycles. The van der Waals surface area contributed by atoms with Gasteiger partial charge in [0.1, 0.15) is 11.9 Å². The Morgan fingerprint density at radius 1 is 1.37 bits per heavy atom. The second-order valence-corrected chi connectivity index (χ2v) is 5.93. The quantitative estimate of drug-likeness (QED) is 0.759. The van der Waals surface area contributed by atoms with E-state index >= 15 is 0 Å². The Balaban J connectivity index is 1.69. The fourth-order valence-electron chi connectivity index (χ4n) is 3.97. The van der Waals surface area contributed by atoms with Crippen molar-refractivity contribution in [2.24, 2.45) is 11.3 Å². The summed E-state index contributed by atoms with van der Waals surface area (Å²) in [6, 6.07) is 2.49. The minimum Gasteiger partial charge on any atom is -0.379 e. The molecule has 0 aromatic carbocycles. The molecule has 2 saturated heterocycles. The monoisotopic (exact) mass is 256 g/mol. The average molecular weight is 256 g/mol. The molecule has 3 aliphatic rings. The van der Waals surface area contributed by atoms with Crippen LogP contribution in [-0.4, -0.2) is 35.8 Å². The van der Waals surface area contributed by atoms with E-state index in [1.807, 2.05) is 0 Å². The topological polar surface area (TPSA) is 62.0 Å². The lowest BCUT2D eigenvalue weighted by Gasteiger charge is -2.42. The molecule has 2 aliphatic heterocycles. The molecule has 4 rings (SSSR count). The smallest absolute Gasteiger partial charge is 0.161 e. The molecule has 0 amide bonds. The van der Waals surface area contributed by atoms with Gasteiger partial charge in [-0.1, -0.05) is 6.42 Å². The predicted molar refractivity (Wildman–Crippen MR) is 68.5 cm³/mol. The van der Waals surface area contributed by atoms with E-state index < -0.39 is 0 Å². The number of nitrogens with zero attached hydrogens (tertiary/aromatic N) is 4. The minimum absolute atomic E-state index is 0.391. The highest BCUT2D eigenvalue weighted by atomic mass is 16.5. The largest absolute Gasteiger partial charge is 0.379 e. The molecule has 3 heterocycles. The Labute approximate surface area is 112 Å². The summed E-state index contributed by atoms with van der Waals surface area (Å²) in [5.41, 5.74) is 0.827. The van der Waals surface area contributed by atoms with E-state index in [0.717, 1.165) is 25.6 Å². The maximum Gasteiger partial charge on any atom is 0.161 e. The van der Waals surface area contributed by atoms with E-state index in [2.05, 4.69) is 20.9 Å². The minimum atomic E-state index is 0.391. The maximum absolute atomic E-state index is 8.96. The Kier molecular flexibility index (Phi) is 2.30. The first-order valence-corrected chi connectivity index (χ1v) is 6.89. The van der Waals surface area contributed by atoms with Crippen LogP contribution in [0.3, 0.4) is 0 Å². The number of fused-ring (bicyclic) bond motifs is 2. The van der Waals surface area contributed by atoms with E-state index in [1.54, 1.807) is 6.20 Å². The standard InChI is InChI=1S/C14H16N4O/c15-4-10-5-16-6-13(17-10)18-9-14(2-1-3-14)11-7-19-8-12(11)18/h5-6,11-12H,1-3,7-9H2/t11-,12-/m1/s1. The maximum atomic E-state index is 8.96. The Morgan fingerprint density at radius 2 is 2.26 bits per heavy atom. The summed E-state index contributed by atoms with van der Waals surface area (Å²) in [5, 5.41) is 8.96. The van der Waals surface area contributed by atoms with Crippen LogP contribution < -0.4 is 4.90 Å². The number of rotatable bonds is 1. The summed E-state index contributed by atoms with van der Waals surface area (Å²) in [6.07, 6.45) is 7.23. The lowest BCUT2D eigenvalue weighted by atomic mass is 9.62. The van der Waals surface area contributed by atoms with Crippen LogP contribution >= 0.6 is 0 Å². The van der Waals surface area contributed by atoms with Crippen LogP contribution in [0.25, 0.3) is 0 Å². The number of aromatic nitrogens is 2. The zero-order chi connectivity index (χ0) is 12.9. The summed E-state index contributed by atoms with van der Waals surface area (Å²) < 4.78 is 5.70. The third kappa shape index (κ3) is 1.50. The Bertz CT molecular complexity index is 549. The zero-order valence-corrected chi connectivity index (χ0v) is 10.7.